The minimum Gasteiger partial charge on any atom is -0.307 e. The maximum atomic E-state index is 12.5. The molecule has 0 bridgehead atoms. The number of rotatable bonds is 2. The largest absolute Gasteiger partial charge is 0.307 e. The highest BCUT2D eigenvalue weighted by molar-refractivity contribution is 5.34. The lowest BCUT2D eigenvalue weighted by Crippen LogP contribution is -2.31. The van der Waals surface area contributed by atoms with E-state index in [9.17, 15) is 4.79 Å². The van der Waals surface area contributed by atoms with E-state index >= 15 is 0 Å². The van der Waals surface area contributed by atoms with Crippen molar-refractivity contribution >= 4 is 0 Å². The van der Waals surface area contributed by atoms with Gasteiger partial charge in [-0.25, -0.2) is 0 Å². The van der Waals surface area contributed by atoms with E-state index < -0.39 is 0 Å². The lowest BCUT2D eigenvalue weighted by atomic mass is 9.90. The average Bonchev–Trinajstić information content (AvgIpc) is 2.48. The van der Waals surface area contributed by atoms with Crippen molar-refractivity contribution in [2.24, 2.45) is 0 Å². The summed E-state index contributed by atoms with van der Waals surface area (Å²) in [7, 11) is 0. The third-order valence-electron chi connectivity index (χ3n) is 3.46. The molecule has 0 amide bonds. The topological polar surface area (TPSA) is 69.6 Å². The second kappa shape index (κ2) is 5.87. The Bertz CT molecular complexity index is 842. The molecule has 0 radical (unpaired) electrons. The van der Waals surface area contributed by atoms with Crippen LogP contribution < -0.4 is 5.56 Å². The molecule has 2 aromatic rings. The van der Waals surface area contributed by atoms with Crippen LogP contribution in [0.15, 0.2) is 41.2 Å². The van der Waals surface area contributed by atoms with E-state index in [1.807, 2.05) is 39.0 Å². The van der Waals surface area contributed by atoms with E-state index in [2.05, 4.69) is 6.07 Å². The molecule has 0 spiro atoms. The van der Waals surface area contributed by atoms with Crippen molar-refractivity contribution in [3.05, 3.63) is 69.1 Å². The fourth-order valence-corrected chi connectivity index (χ4v) is 2.40. The van der Waals surface area contributed by atoms with Crippen LogP contribution in [0.3, 0.4) is 0 Å². The average molecular weight is 291 g/mol. The Morgan fingerprint density at radius 3 is 2.41 bits per heavy atom. The van der Waals surface area contributed by atoms with Crippen LogP contribution in [-0.2, 0) is 12.0 Å². The van der Waals surface area contributed by atoms with Gasteiger partial charge in [-0.15, -0.1) is 0 Å². The van der Waals surface area contributed by atoms with Gasteiger partial charge in [0.15, 0.2) is 0 Å². The summed E-state index contributed by atoms with van der Waals surface area (Å²) in [5.41, 5.74) is 1.89. The van der Waals surface area contributed by atoms with Crippen LogP contribution in [0.1, 0.15) is 43.2 Å². The fourth-order valence-electron chi connectivity index (χ4n) is 2.40. The Hall–Kier alpha value is -2.85. The molecular weight excluding hydrogens is 274 g/mol. The summed E-state index contributed by atoms with van der Waals surface area (Å²) in [6.07, 6.45) is 0. The zero-order chi connectivity index (χ0) is 16.3. The molecule has 0 aliphatic carbocycles. The summed E-state index contributed by atoms with van der Waals surface area (Å²) >= 11 is 0. The van der Waals surface area contributed by atoms with Gasteiger partial charge < -0.3 is 4.57 Å². The molecule has 0 atom stereocenters. The van der Waals surface area contributed by atoms with Crippen LogP contribution in [-0.4, -0.2) is 4.57 Å². The van der Waals surface area contributed by atoms with Gasteiger partial charge in [0.2, 0.25) is 0 Å². The number of nitriles is 2. The summed E-state index contributed by atoms with van der Waals surface area (Å²) in [5, 5.41) is 18.1. The van der Waals surface area contributed by atoms with Gasteiger partial charge in [-0.3, -0.25) is 4.79 Å². The third kappa shape index (κ3) is 3.07. The molecule has 0 N–H and O–H groups in total. The number of benzene rings is 1. The maximum absolute atomic E-state index is 12.5. The molecule has 4 nitrogen and oxygen atoms in total. The van der Waals surface area contributed by atoms with Crippen LogP contribution in [0.25, 0.3) is 0 Å². The van der Waals surface area contributed by atoms with Crippen molar-refractivity contribution in [2.45, 2.75) is 32.7 Å². The molecule has 110 valence electrons. The SMILES string of the molecule is CC(C)(C)c1ccc(C#N)c(=O)n1Cc1cccc(C#N)c1. The molecule has 0 saturated heterocycles. The van der Waals surface area contributed by atoms with Gasteiger partial charge in [-0.2, -0.15) is 10.5 Å². The Morgan fingerprint density at radius 1 is 1.09 bits per heavy atom. The van der Waals surface area contributed by atoms with Gasteiger partial charge >= 0.3 is 0 Å². The summed E-state index contributed by atoms with van der Waals surface area (Å²) in [5.74, 6) is 0. The highest BCUT2D eigenvalue weighted by Gasteiger charge is 2.20. The first kappa shape index (κ1) is 15.5. The number of nitrogens with zero attached hydrogens (tertiary/aromatic N) is 3. The van der Waals surface area contributed by atoms with E-state index in [0.29, 0.717) is 12.1 Å². The Morgan fingerprint density at radius 2 is 1.82 bits per heavy atom. The smallest absolute Gasteiger partial charge is 0.268 e. The van der Waals surface area contributed by atoms with Gasteiger partial charge in [-0.05, 0) is 29.8 Å². The number of hydrogen-bond donors (Lipinski definition) is 0. The molecule has 0 unspecified atom stereocenters. The summed E-state index contributed by atoms with van der Waals surface area (Å²) in [4.78, 5) is 12.5. The van der Waals surface area contributed by atoms with Gasteiger partial charge in [-0.1, -0.05) is 32.9 Å². The monoisotopic (exact) mass is 291 g/mol. The summed E-state index contributed by atoms with van der Waals surface area (Å²) in [6, 6.07) is 14.6. The first-order chi connectivity index (χ1) is 10.4. The highest BCUT2D eigenvalue weighted by atomic mass is 16.1. The number of pyridine rings is 1. The van der Waals surface area contributed by atoms with E-state index in [0.717, 1.165) is 11.3 Å². The predicted molar refractivity (Wildman–Crippen MR) is 84.4 cm³/mol. The molecule has 0 aliphatic heterocycles. The molecule has 1 aromatic carbocycles. The Kier molecular flexibility index (Phi) is 4.15. The molecule has 0 aliphatic rings. The fraction of sp³-hybridized carbons (Fsp3) is 0.278. The molecule has 22 heavy (non-hydrogen) atoms. The van der Waals surface area contributed by atoms with Crippen LogP contribution in [0.5, 0.6) is 0 Å². The van der Waals surface area contributed by atoms with Crippen molar-refractivity contribution in [1.29, 1.82) is 10.5 Å². The van der Waals surface area contributed by atoms with Gasteiger partial charge in [0.1, 0.15) is 11.6 Å². The van der Waals surface area contributed by atoms with Gasteiger partial charge in [0, 0.05) is 11.1 Å². The molecular formula is C18H17N3O. The molecule has 1 heterocycles. The molecule has 1 aromatic heterocycles. The minimum atomic E-state index is -0.294. The first-order valence-electron chi connectivity index (χ1n) is 7.00. The molecule has 0 fully saturated rings. The lowest BCUT2D eigenvalue weighted by molar-refractivity contribution is 0.517. The van der Waals surface area contributed by atoms with Crippen LogP contribution in [0.2, 0.25) is 0 Å². The van der Waals surface area contributed by atoms with E-state index in [-0.39, 0.29) is 16.5 Å². The van der Waals surface area contributed by atoms with Crippen molar-refractivity contribution in [2.75, 3.05) is 0 Å². The quantitative estimate of drug-likeness (QED) is 0.854. The lowest BCUT2D eigenvalue weighted by Gasteiger charge is -2.24. The van der Waals surface area contributed by atoms with Crippen molar-refractivity contribution < 1.29 is 0 Å². The standard InChI is InChI=1S/C18H17N3O/c1-18(2,3)16-8-7-15(11-20)17(22)21(16)12-14-6-4-5-13(9-14)10-19/h4-9H,12H2,1-3H3. The molecule has 0 saturated carbocycles. The summed E-state index contributed by atoms with van der Waals surface area (Å²) in [6.45, 7) is 6.42. The Balaban J connectivity index is 2.60. The second-order valence-corrected chi connectivity index (χ2v) is 6.20. The van der Waals surface area contributed by atoms with Crippen LogP contribution in [0, 0.1) is 22.7 Å². The van der Waals surface area contributed by atoms with Crippen LogP contribution >= 0.6 is 0 Å². The third-order valence-corrected chi connectivity index (χ3v) is 3.46. The van der Waals surface area contributed by atoms with Crippen molar-refractivity contribution in [3.8, 4) is 12.1 Å². The van der Waals surface area contributed by atoms with Gasteiger partial charge in [0.05, 0.1) is 18.2 Å². The predicted octanol–water partition coefficient (Wildman–Crippen LogP) is 2.94. The minimum absolute atomic E-state index is 0.129. The van der Waals surface area contributed by atoms with Crippen molar-refractivity contribution in [3.63, 3.8) is 0 Å². The van der Waals surface area contributed by atoms with Crippen molar-refractivity contribution in [1.82, 2.24) is 4.57 Å². The summed E-state index contributed by atoms with van der Waals surface area (Å²) < 4.78 is 1.62. The maximum Gasteiger partial charge on any atom is 0.268 e. The zero-order valence-corrected chi connectivity index (χ0v) is 12.9. The van der Waals surface area contributed by atoms with Crippen LogP contribution in [0.4, 0.5) is 0 Å². The zero-order valence-electron chi connectivity index (χ0n) is 12.9. The number of hydrogen-bond acceptors (Lipinski definition) is 3. The van der Waals surface area contributed by atoms with E-state index in [4.69, 9.17) is 10.5 Å². The molecule has 4 heteroatoms. The van der Waals surface area contributed by atoms with E-state index in [1.165, 1.54) is 0 Å². The second-order valence-electron chi connectivity index (χ2n) is 6.20. The number of aromatic nitrogens is 1. The Labute approximate surface area is 129 Å². The first-order valence-corrected chi connectivity index (χ1v) is 7.00. The molecule has 2 rings (SSSR count). The van der Waals surface area contributed by atoms with E-state index in [1.54, 1.807) is 28.8 Å². The highest BCUT2D eigenvalue weighted by Crippen LogP contribution is 2.22. The normalized spacial score (nSPS) is 10.8. The van der Waals surface area contributed by atoms with Gasteiger partial charge in [0.25, 0.3) is 5.56 Å².